The van der Waals surface area contributed by atoms with Crippen LogP contribution in [0.25, 0.3) is 0 Å². The van der Waals surface area contributed by atoms with E-state index >= 15 is 0 Å². The van der Waals surface area contributed by atoms with E-state index in [1.54, 1.807) is 30.1 Å². The molecule has 3 aromatic rings. The topological polar surface area (TPSA) is 67.2 Å². The number of nitrogens with zero attached hydrogens (tertiary/aromatic N) is 3. The van der Waals surface area contributed by atoms with E-state index in [2.05, 4.69) is 46.5 Å². The van der Waals surface area contributed by atoms with Crippen LogP contribution >= 0.6 is 11.8 Å². The summed E-state index contributed by atoms with van der Waals surface area (Å²) in [6.45, 7) is 8.25. The first-order valence-corrected chi connectivity index (χ1v) is 10.9. The monoisotopic (exact) mass is 418 g/mol. The van der Waals surface area contributed by atoms with Crippen LogP contribution in [0.2, 0.25) is 0 Å². The standard InChI is InChI=1S/C24H26N4OS/c1-16(2)21-9-5-19(6-10-21)14-25-28-23(29)22-11-7-20(8-12-22)15-30-24-26-17(3)13-18(4)27-24/h5-14,16H,15H2,1-4H3,(H,28,29)/b25-14-. The van der Waals surface area contributed by atoms with Gasteiger partial charge in [0.05, 0.1) is 6.21 Å². The van der Waals surface area contributed by atoms with E-state index in [0.717, 1.165) is 33.4 Å². The molecule has 1 N–H and O–H groups in total. The Hall–Kier alpha value is -2.99. The molecule has 30 heavy (non-hydrogen) atoms. The second kappa shape index (κ2) is 10.2. The molecular formula is C24H26N4OS. The van der Waals surface area contributed by atoms with E-state index < -0.39 is 0 Å². The highest BCUT2D eigenvalue weighted by Gasteiger charge is 2.06. The number of hydrazone groups is 1. The predicted octanol–water partition coefficient (Wildman–Crippen LogP) is 5.27. The number of aromatic nitrogens is 2. The summed E-state index contributed by atoms with van der Waals surface area (Å²) in [4.78, 5) is 21.2. The molecule has 3 rings (SSSR count). The third-order valence-electron chi connectivity index (χ3n) is 4.53. The first-order chi connectivity index (χ1) is 14.4. The Kier molecular flexibility index (Phi) is 7.36. The lowest BCUT2D eigenvalue weighted by atomic mass is 10.0. The third-order valence-corrected chi connectivity index (χ3v) is 5.45. The highest BCUT2D eigenvalue weighted by Crippen LogP contribution is 2.20. The molecule has 0 fully saturated rings. The predicted molar refractivity (Wildman–Crippen MR) is 123 cm³/mol. The number of carbonyl (C=O) groups is 1. The summed E-state index contributed by atoms with van der Waals surface area (Å²) in [6.07, 6.45) is 1.65. The fourth-order valence-corrected chi connectivity index (χ4v) is 3.76. The molecule has 1 aromatic heterocycles. The number of aryl methyl sites for hydroxylation is 2. The summed E-state index contributed by atoms with van der Waals surface area (Å²) in [6, 6.07) is 17.6. The minimum atomic E-state index is -0.234. The van der Waals surface area contributed by atoms with Gasteiger partial charge in [-0.15, -0.1) is 0 Å². The summed E-state index contributed by atoms with van der Waals surface area (Å²) >= 11 is 1.58. The number of thioether (sulfide) groups is 1. The van der Waals surface area contributed by atoms with E-state index in [0.29, 0.717) is 11.5 Å². The molecule has 0 aliphatic heterocycles. The van der Waals surface area contributed by atoms with Crippen LogP contribution in [0.1, 0.15) is 58.2 Å². The van der Waals surface area contributed by atoms with Crippen LogP contribution in [0.4, 0.5) is 0 Å². The zero-order valence-electron chi connectivity index (χ0n) is 17.7. The number of hydrogen-bond donors (Lipinski definition) is 1. The van der Waals surface area contributed by atoms with Crippen molar-refractivity contribution in [2.24, 2.45) is 5.10 Å². The van der Waals surface area contributed by atoms with Gasteiger partial charge in [-0.05, 0) is 54.7 Å². The Morgan fingerprint density at radius 3 is 2.27 bits per heavy atom. The Balaban J connectivity index is 1.53. The lowest BCUT2D eigenvalue weighted by Gasteiger charge is -2.05. The molecule has 0 aliphatic carbocycles. The van der Waals surface area contributed by atoms with Gasteiger partial charge in [-0.2, -0.15) is 5.10 Å². The van der Waals surface area contributed by atoms with Gasteiger partial charge >= 0.3 is 0 Å². The molecule has 0 saturated carbocycles. The lowest BCUT2D eigenvalue weighted by Crippen LogP contribution is -2.17. The molecule has 0 atom stereocenters. The molecule has 1 amide bonds. The van der Waals surface area contributed by atoms with Gasteiger partial charge in [0.1, 0.15) is 0 Å². The molecule has 1 heterocycles. The second-order valence-corrected chi connectivity index (χ2v) is 8.38. The molecule has 0 aliphatic rings. The van der Waals surface area contributed by atoms with Crippen LogP contribution in [0, 0.1) is 13.8 Å². The quantitative estimate of drug-likeness (QED) is 0.246. The van der Waals surface area contributed by atoms with Gasteiger partial charge in [-0.1, -0.05) is 62.0 Å². The van der Waals surface area contributed by atoms with Gasteiger partial charge in [-0.25, -0.2) is 15.4 Å². The van der Waals surface area contributed by atoms with Gasteiger partial charge in [0.25, 0.3) is 5.91 Å². The van der Waals surface area contributed by atoms with Crippen LogP contribution in [0.5, 0.6) is 0 Å². The van der Waals surface area contributed by atoms with E-state index in [1.807, 2.05) is 44.2 Å². The second-order valence-electron chi connectivity index (χ2n) is 7.44. The highest BCUT2D eigenvalue weighted by molar-refractivity contribution is 7.98. The van der Waals surface area contributed by atoms with Crippen molar-refractivity contribution in [1.82, 2.24) is 15.4 Å². The van der Waals surface area contributed by atoms with Crippen molar-refractivity contribution in [1.29, 1.82) is 0 Å². The number of amides is 1. The minimum Gasteiger partial charge on any atom is -0.267 e. The van der Waals surface area contributed by atoms with Crippen molar-refractivity contribution in [2.45, 2.75) is 44.5 Å². The Labute approximate surface area is 182 Å². The average Bonchev–Trinajstić information content (AvgIpc) is 2.72. The van der Waals surface area contributed by atoms with Gasteiger partial charge in [0.15, 0.2) is 5.16 Å². The van der Waals surface area contributed by atoms with E-state index in [4.69, 9.17) is 0 Å². The van der Waals surface area contributed by atoms with E-state index in [1.165, 1.54) is 5.56 Å². The van der Waals surface area contributed by atoms with Crippen molar-refractivity contribution in [2.75, 3.05) is 0 Å². The van der Waals surface area contributed by atoms with Crippen molar-refractivity contribution in [3.05, 3.63) is 88.2 Å². The Morgan fingerprint density at radius 1 is 1.03 bits per heavy atom. The molecule has 5 nitrogen and oxygen atoms in total. The van der Waals surface area contributed by atoms with Crippen LogP contribution in [-0.4, -0.2) is 22.1 Å². The summed E-state index contributed by atoms with van der Waals surface area (Å²) in [7, 11) is 0. The maximum absolute atomic E-state index is 12.3. The molecule has 0 saturated heterocycles. The number of benzene rings is 2. The normalized spacial score (nSPS) is 11.2. The maximum Gasteiger partial charge on any atom is 0.271 e. The lowest BCUT2D eigenvalue weighted by molar-refractivity contribution is 0.0955. The van der Waals surface area contributed by atoms with Gasteiger partial charge in [0, 0.05) is 22.7 Å². The fourth-order valence-electron chi connectivity index (χ4n) is 2.86. The van der Waals surface area contributed by atoms with Crippen molar-refractivity contribution >= 4 is 23.9 Å². The van der Waals surface area contributed by atoms with Crippen LogP contribution in [0.15, 0.2) is 64.9 Å². The Morgan fingerprint density at radius 2 is 1.67 bits per heavy atom. The molecule has 154 valence electrons. The summed E-state index contributed by atoms with van der Waals surface area (Å²) in [5, 5.41) is 4.83. The van der Waals surface area contributed by atoms with Crippen LogP contribution in [-0.2, 0) is 5.75 Å². The third kappa shape index (κ3) is 6.26. The molecule has 0 bridgehead atoms. The van der Waals surface area contributed by atoms with Gasteiger partial charge in [0.2, 0.25) is 0 Å². The summed E-state index contributed by atoms with van der Waals surface area (Å²) in [5.74, 6) is 1.00. The average molecular weight is 419 g/mol. The SMILES string of the molecule is Cc1cc(C)nc(SCc2ccc(C(=O)N/N=C\c3ccc(C(C)C)cc3)cc2)n1. The molecule has 6 heteroatoms. The van der Waals surface area contributed by atoms with Crippen molar-refractivity contribution < 1.29 is 4.79 Å². The van der Waals surface area contributed by atoms with Gasteiger partial charge in [-0.3, -0.25) is 4.79 Å². The number of nitrogens with one attached hydrogen (secondary N) is 1. The Bertz CT molecular complexity index is 1010. The zero-order chi connectivity index (χ0) is 21.5. The first kappa shape index (κ1) is 21.7. The van der Waals surface area contributed by atoms with Crippen molar-refractivity contribution in [3.8, 4) is 0 Å². The molecule has 2 aromatic carbocycles. The zero-order valence-corrected chi connectivity index (χ0v) is 18.5. The molecule has 0 unspecified atom stereocenters. The molecular weight excluding hydrogens is 392 g/mol. The van der Waals surface area contributed by atoms with E-state index in [-0.39, 0.29) is 5.91 Å². The van der Waals surface area contributed by atoms with Gasteiger partial charge < -0.3 is 0 Å². The van der Waals surface area contributed by atoms with E-state index in [9.17, 15) is 4.79 Å². The fraction of sp³-hybridized carbons (Fsp3) is 0.250. The minimum absolute atomic E-state index is 0.234. The molecule has 0 spiro atoms. The summed E-state index contributed by atoms with van der Waals surface area (Å²) in [5.41, 5.74) is 8.41. The van der Waals surface area contributed by atoms with Crippen molar-refractivity contribution in [3.63, 3.8) is 0 Å². The smallest absolute Gasteiger partial charge is 0.267 e. The summed E-state index contributed by atoms with van der Waals surface area (Å²) < 4.78 is 0. The largest absolute Gasteiger partial charge is 0.271 e. The first-order valence-electron chi connectivity index (χ1n) is 9.88. The van der Waals surface area contributed by atoms with Crippen LogP contribution in [0.3, 0.4) is 0 Å². The number of hydrogen-bond acceptors (Lipinski definition) is 5. The maximum atomic E-state index is 12.3. The number of rotatable bonds is 7. The highest BCUT2D eigenvalue weighted by atomic mass is 32.2. The molecule has 0 radical (unpaired) electrons. The van der Waals surface area contributed by atoms with Crippen LogP contribution < -0.4 is 5.43 Å². The number of carbonyl (C=O) groups excluding carboxylic acids is 1.